The minimum atomic E-state index is 0.242. The number of anilines is 1. The largest absolute Gasteiger partial charge is 0.487 e. The molecule has 0 atom stereocenters. The molecule has 0 amide bonds. The van der Waals surface area contributed by atoms with Gasteiger partial charge in [0.2, 0.25) is 0 Å². The number of fused-ring (bicyclic) bond motifs is 1. The maximum absolute atomic E-state index is 9.14. The summed E-state index contributed by atoms with van der Waals surface area (Å²) in [7, 11) is 0. The molecule has 0 unspecified atom stereocenters. The van der Waals surface area contributed by atoms with Crippen molar-refractivity contribution < 1.29 is 9.47 Å². The van der Waals surface area contributed by atoms with Crippen LogP contribution in [0, 0.1) is 11.3 Å². The lowest BCUT2D eigenvalue weighted by Gasteiger charge is -2.28. The van der Waals surface area contributed by atoms with E-state index in [0.717, 1.165) is 48.7 Å². The number of piperazine rings is 1. The summed E-state index contributed by atoms with van der Waals surface area (Å²) in [5.74, 6) is 2.29. The van der Waals surface area contributed by atoms with Crippen molar-refractivity contribution in [3.05, 3.63) is 69.8 Å². The standard InChI is InChI=1S/C24H20Cl2N6O2/c25-16-9-15(13-27)10-18(11-16)34-22-12-17(1-3-20(22)26)33-14-21-19-2-4-23(29-24(19)31-30-21)32-7-5-28-6-8-32/h1-4,9-12,28H,5-8,14H2,(H,29,30,31). The van der Waals surface area contributed by atoms with Gasteiger partial charge < -0.3 is 19.7 Å². The number of hydrogen-bond acceptors (Lipinski definition) is 7. The van der Waals surface area contributed by atoms with Crippen LogP contribution in [0.4, 0.5) is 5.82 Å². The molecule has 2 N–H and O–H groups in total. The summed E-state index contributed by atoms with van der Waals surface area (Å²) in [4.78, 5) is 6.97. The van der Waals surface area contributed by atoms with Gasteiger partial charge in [-0.15, -0.1) is 0 Å². The predicted octanol–water partition coefficient (Wildman–Crippen LogP) is 4.92. The smallest absolute Gasteiger partial charge is 0.157 e. The van der Waals surface area contributed by atoms with Crippen molar-refractivity contribution in [3.8, 4) is 23.3 Å². The Balaban J connectivity index is 1.30. The Kier molecular flexibility index (Phi) is 6.41. The zero-order chi connectivity index (χ0) is 23.5. The molecular weight excluding hydrogens is 475 g/mol. The maximum Gasteiger partial charge on any atom is 0.157 e. The number of benzene rings is 2. The third kappa shape index (κ3) is 4.87. The van der Waals surface area contributed by atoms with Crippen LogP contribution < -0.4 is 19.7 Å². The zero-order valence-electron chi connectivity index (χ0n) is 18.0. The highest BCUT2D eigenvalue weighted by Gasteiger charge is 2.15. The number of aromatic nitrogens is 3. The lowest BCUT2D eigenvalue weighted by molar-refractivity contribution is 0.301. The molecule has 0 aliphatic carbocycles. The molecule has 1 saturated heterocycles. The van der Waals surface area contributed by atoms with E-state index in [-0.39, 0.29) is 6.61 Å². The maximum atomic E-state index is 9.14. The number of nitrogens with zero attached hydrogens (tertiary/aromatic N) is 4. The number of rotatable bonds is 6. The second-order valence-electron chi connectivity index (χ2n) is 7.74. The highest BCUT2D eigenvalue weighted by atomic mass is 35.5. The van der Waals surface area contributed by atoms with E-state index in [2.05, 4.69) is 20.4 Å². The first-order chi connectivity index (χ1) is 16.6. The van der Waals surface area contributed by atoms with Crippen LogP contribution in [-0.4, -0.2) is 41.4 Å². The molecule has 172 valence electrons. The van der Waals surface area contributed by atoms with Crippen molar-refractivity contribution in [2.75, 3.05) is 31.1 Å². The first kappa shape index (κ1) is 22.3. The Morgan fingerprint density at radius 2 is 1.88 bits per heavy atom. The number of aromatic amines is 1. The Bertz CT molecular complexity index is 1380. The molecule has 3 heterocycles. The Hall–Kier alpha value is -3.51. The Labute approximate surface area is 206 Å². The van der Waals surface area contributed by atoms with E-state index in [9.17, 15) is 0 Å². The van der Waals surface area contributed by atoms with Crippen LogP contribution in [0.5, 0.6) is 17.2 Å². The Morgan fingerprint density at radius 1 is 1.03 bits per heavy atom. The average molecular weight is 495 g/mol. The van der Waals surface area contributed by atoms with E-state index in [1.807, 2.05) is 18.2 Å². The molecule has 2 aromatic carbocycles. The number of nitriles is 1. The molecule has 0 radical (unpaired) electrons. The van der Waals surface area contributed by atoms with Gasteiger partial charge in [0.05, 0.1) is 16.7 Å². The molecule has 10 heteroatoms. The van der Waals surface area contributed by atoms with Crippen molar-refractivity contribution in [2.24, 2.45) is 0 Å². The van der Waals surface area contributed by atoms with E-state index >= 15 is 0 Å². The van der Waals surface area contributed by atoms with Crippen molar-refractivity contribution in [2.45, 2.75) is 6.61 Å². The zero-order valence-corrected chi connectivity index (χ0v) is 19.5. The molecule has 1 fully saturated rings. The summed E-state index contributed by atoms with van der Waals surface area (Å²) in [6.07, 6.45) is 0. The second kappa shape index (κ2) is 9.77. The van der Waals surface area contributed by atoms with Gasteiger partial charge in [0.1, 0.15) is 35.4 Å². The number of H-pyrrole nitrogens is 1. The molecule has 1 aliphatic heterocycles. The van der Waals surface area contributed by atoms with Crippen LogP contribution in [0.25, 0.3) is 11.0 Å². The van der Waals surface area contributed by atoms with Gasteiger partial charge >= 0.3 is 0 Å². The number of nitrogens with one attached hydrogen (secondary N) is 2. The van der Waals surface area contributed by atoms with Gasteiger partial charge in [-0.2, -0.15) is 10.4 Å². The lowest BCUT2D eigenvalue weighted by Crippen LogP contribution is -2.43. The SMILES string of the molecule is N#Cc1cc(Cl)cc(Oc2cc(OCc3n[nH]c4nc(N5CCNCC5)ccc34)ccc2Cl)c1. The van der Waals surface area contributed by atoms with Gasteiger partial charge in [-0.1, -0.05) is 23.2 Å². The predicted molar refractivity (Wildman–Crippen MR) is 131 cm³/mol. The average Bonchev–Trinajstić information content (AvgIpc) is 3.27. The van der Waals surface area contributed by atoms with Crippen molar-refractivity contribution in [3.63, 3.8) is 0 Å². The van der Waals surface area contributed by atoms with Gasteiger partial charge in [-0.3, -0.25) is 5.10 Å². The monoisotopic (exact) mass is 494 g/mol. The first-order valence-corrected chi connectivity index (χ1v) is 11.5. The number of ether oxygens (including phenoxy) is 2. The third-order valence-corrected chi connectivity index (χ3v) is 5.97. The third-order valence-electron chi connectivity index (χ3n) is 5.44. The van der Waals surface area contributed by atoms with E-state index in [1.165, 1.54) is 0 Å². The summed E-state index contributed by atoms with van der Waals surface area (Å²) in [5, 5.41) is 21.6. The molecule has 34 heavy (non-hydrogen) atoms. The van der Waals surface area contributed by atoms with Gasteiger partial charge in [-0.05, 0) is 42.5 Å². The van der Waals surface area contributed by atoms with Crippen molar-refractivity contribution in [1.29, 1.82) is 5.26 Å². The molecule has 0 bridgehead atoms. The molecule has 2 aromatic heterocycles. The molecule has 4 aromatic rings. The number of pyridine rings is 1. The van der Waals surface area contributed by atoms with Gasteiger partial charge in [0, 0.05) is 42.7 Å². The van der Waals surface area contributed by atoms with Gasteiger partial charge in [0.25, 0.3) is 0 Å². The molecule has 5 rings (SSSR count). The first-order valence-electron chi connectivity index (χ1n) is 10.7. The van der Waals surface area contributed by atoms with Gasteiger partial charge in [-0.25, -0.2) is 4.98 Å². The van der Waals surface area contributed by atoms with E-state index in [0.29, 0.717) is 32.9 Å². The topological polar surface area (TPSA) is 99.1 Å². The highest BCUT2D eigenvalue weighted by Crippen LogP contribution is 2.34. The molecule has 8 nitrogen and oxygen atoms in total. The summed E-state index contributed by atoms with van der Waals surface area (Å²) in [6.45, 7) is 4.00. The van der Waals surface area contributed by atoms with E-state index in [1.54, 1.807) is 36.4 Å². The minimum absolute atomic E-state index is 0.242. The van der Waals surface area contributed by atoms with Gasteiger partial charge in [0.15, 0.2) is 5.65 Å². The fourth-order valence-corrected chi connectivity index (χ4v) is 4.13. The highest BCUT2D eigenvalue weighted by molar-refractivity contribution is 6.32. The minimum Gasteiger partial charge on any atom is -0.487 e. The number of halogens is 2. The molecule has 0 saturated carbocycles. The van der Waals surface area contributed by atoms with Crippen LogP contribution in [0.15, 0.2) is 48.5 Å². The van der Waals surface area contributed by atoms with Crippen LogP contribution in [0.2, 0.25) is 10.0 Å². The van der Waals surface area contributed by atoms with Crippen LogP contribution >= 0.6 is 23.2 Å². The van der Waals surface area contributed by atoms with E-state index < -0.39 is 0 Å². The summed E-state index contributed by atoms with van der Waals surface area (Å²) < 4.78 is 11.8. The second-order valence-corrected chi connectivity index (χ2v) is 8.59. The lowest BCUT2D eigenvalue weighted by atomic mass is 10.2. The van der Waals surface area contributed by atoms with E-state index in [4.69, 9.17) is 42.9 Å². The molecule has 1 aliphatic rings. The fourth-order valence-electron chi connectivity index (χ4n) is 3.74. The quantitative estimate of drug-likeness (QED) is 0.392. The summed E-state index contributed by atoms with van der Waals surface area (Å²) in [6, 6.07) is 16.0. The Morgan fingerprint density at radius 3 is 2.71 bits per heavy atom. The number of hydrogen-bond donors (Lipinski definition) is 2. The molecular formula is C24H20Cl2N6O2. The van der Waals surface area contributed by atoms with Crippen molar-refractivity contribution >= 4 is 40.1 Å². The summed E-state index contributed by atoms with van der Waals surface area (Å²) >= 11 is 12.4. The fraction of sp³-hybridized carbons (Fsp3) is 0.208. The normalized spacial score (nSPS) is 13.6. The molecule has 0 spiro atoms. The van der Waals surface area contributed by atoms with Crippen LogP contribution in [0.1, 0.15) is 11.3 Å². The van der Waals surface area contributed by atoms with Crippen LogP contribution in [0.3, 0.4) is 0 Å². The van der Waals surface area contributed by atoms with Crippen LogP contribution in [-0.2, 0) is 6.61 Å². The van der Waals surface area contributed by atoms with Crippen molar-refractivity contribution in [1.82, 2.24) is 20.5 Å². The summed E-state index contributed by atoms with van der Waals surface area (Å²) in [5.41, 5.74) is 1.87.